The summed E-state index contributed by atoms with van der Waals surface area (Å²) in [5.41, 5.74) is 0.528. The van der Waals surface area contributed by atoms with Gasteiger partial charge in [0.25, 0.3) is 0 Å². The zero-order valence-corrected chi connectivity index (χ0v) is 7.68. The van der Waals surface area contributed by atoms with Gasteiger partial charge in [-0.25, -0.2) is 4.79 Å². The van der Waals surface area contributed by atoms with Gasteiger partial charge in [-0.15, -0.1) is 0 Å². The summed E-state index contributed by atoms with van der Waals surface area (Å²) >= 11 is 0. The summed E-state index contributed by atoms with van der Waals surface area (Å²) in [6.07, 6.45) is 6.40. The van der Waals surface area contributed by atoms with Crippen LogP contribution >= 0.6 is 0 Å². The first kappa shape index (κ1) is 9.27. The van der Waals surface area contributed by atoms with Gasteiger partial charge in [0.2, 0.25) is 0 Å². The first-order chi connectivity index (χ1) is 6.83. The molecule has 0 saturated heterocycles. The SMILES string of the molecule is O=C(OCO)C1=COCC2C=CCC12. The van der Waals surface area contributed by atoms with Crippen LogP contribution in [0.5, 0.6) is 0 Å². The van der Waals surface area contributed by atoms with E-state index >= 15 is 0 Å². The molecule has 0 fully saturated rings. The predicted octanol–water partition coefficient (Wildman–Crippen LogP) is 0.586. The molecule has 4 heteroatoms. The maximum atomic E-state index is 11.4. The maximum Gasteiger partial charge on any atom is 0.339 e. The Balaban J connectivity index is 2.11. The van der Waals surface area contributed by atoms with E-state index in [2.05, 4.69) is 10.8 Å². The summed E-state index contributed by atoms with van der Waals surface area (Å²) in [5.74, 6) is -0.0325. The smallest absolute Gasteiger partial charge is 0.339 e. The lowest BCUT2D eigenvalue weighted by Gasteiger charge is -2.25. The van der Waals surface area contributed by atoms with E-state index in [1.54, 1.807) is 0 Å². The molecule has 1 aliphatic heterocycles. The van der Waals surface area contributed by atoms with Gasteiger partial charge in [0.05, 0.1) is 18.4 Å². The van der Waals surface area contributed by atoms with Crippen molar-refractivity contribution in [1.82, 2.24) is 0 Å². The molecular formula is C10H12O4. The van der Waals surface area contributed by atoms with Crippen LogP contribution < -0.4 is 0 Å². The van der Waals surface area contributed by atoms with E-state index in [1.807, 2.05) is 6.08 Å². The van der Waals surface area contributed by atoms with Crippen molar-refractivity contribution in [2.75, 3.05) is 13.4 Å². The number of carbonyl (C=O) groups is 1. The van der Waals surface area contributed by atoms with Crippen LogP contribution in [-0.4, -0.2) is 24.5 Å². The van der Waals surface area contributed by atoms with E-state index < -0.39 is 12.8 Å². The van der Waals surface area contributed by atoms with Gasteiger partial charge in [-0.3, -0.25) is 0 Å². The van der Waals surface area contributed by atoms with E-state index in [-0.39, 0.29) is 11.8 Å². The molecule has 0 aromatic rings. The Labute approximate surface area is 81.8 Å². The lowest BCUT2D eigenvalue weighted by molar-refractivity contribution is -0.148. The molecule has 2 unspecified atom stereocenters. The molecule has 1 aliphatic carbocycles. The summed E-state index contributed by atoms with van der Waals surface area (Å²) in [7, 11) is 0. The van der Waals surface area contributed by atoms with E-state index in [1.165, 1.54) is 6.26 Å². The summed E-state index contributed by atoms with van der Waals surface area (Å²) < 4.78 is 9.70. The van der Waals surface area contributed by atoms with Crippen molar-refractivity contribution < 1.29 is 19.4 Å². The van der Waals surface area contributed by atoms with E-state index in [4.69, 9.17) is 9.84 Å². The lowest BCUT2D eigenvalue weighted by atomic mass is 9.88. The Hall–Kier alpha value is -1.29. The normalized spacial score (nSPS) is 29.1. The molecule has 0 amide bonds. The number of hydrogen-bond acceptors (Lipinski definition) is 4. The number of carbonyl (C=O) groups excluding carboxylic acids is 1. The summed E-state index contributed by atoms with van der Waals surface area (Å²) in [6.45, 7) is 0.0397. The number of ether oxygens (including phenoxy) is 2. The van der Waals surface area contributed by atoms with Crippen LogP contribution in [0.3, 0.4) is 0 Å². The Morgan fingerprint density at radius 1 is 1.71 bits per heavy atom. The van der Waals surface area contributed by atoms with Crippen molar-refractivity contribution in [3.05, 3.63) is 24.0 Å². The van der Waals surface area contributed by atoms with Crippen LogP contribution in [0.2, 0.25) is 0 Å². The minimum absolute atomic E-state index is 0.169. The highest BCUT2D eigenvalue weighted by Gasteiger charge is 2.34. The Bertz CT molecular complexity index is 292. The Morgan fingerprint density at radius 2 is 2.57 bits per heavy atom. The second-order valence-electron chi connectivity index (χ2n) is 3.40. The third kappa shape index (κ3) is 1.53. The molecule has 1 heterocycles. The van der Waals surface area contributed by atoms with Crippen molar-refractivity contribution in [1.29, 1.82) is 0 Å². The zero-order chi connectivity index (χ0) is 9.97. The number of aliphatic hydroxyl groups is 1. The molecule has 0 aromatic heterocycles. The molecule has 0 saturated carbocycles. The molecule has 14 heavy (non-hydrogen) atoms. The van der Waals surface area contributed by atoms with Crippen molar-refractivity contribution in [2.45, 2.75) is 6.42 Å². The summed E-state index contributed by atoms with van der Waals surface area (Å²) in [4.78, 5) is 11.4. The fourth-order valence-electron chi connectivity index (χ4n) is 1.92. The number of hydrogen-bond donors (Lipinski definition) is 1. The van der Waals surface area contributed by atoms with Gasteiger partial charge in [0, 0.05) is 11.8 Å². The Morgan fingerprint density at radius 3 is 3.36 bits per heavy atom. The van der Waals surface area contributed by atoms with Crippen molar-refractivity contribution in [3.63, 3.8) is 0 Å². The highest BCUT2D eigenvalue weighted by molar-refractivity contribution is 5.89. The number of rotatable bonds is 2. The zero-order valence-electron chi connectivity index (χ0n) is 7.68. The number of fused-ring (bicyclic) bond motifs is 1. The van der Waals surface area contributed by atoms with Gasteiger partial charge in [0.15, 0.2) is 6.79 Å². The predicted molar refractivity (Wildman–Crippen MR) is 47.9 cm³/mol. The third-order valence-electron chi connectivity index (χ3n) is 2.62. The average Bonchev–Trinajstić information content (AvgIpc) is 2.65. The molecular weight excluding hydrogens is 184 g/mol. The highest BCUT2D eigenvalue weighted by atomic mass is 16.6. The molecule has 0 spiro atoms. The van der Waals surface area contributed by atoms with Crippen LogP contribution in [-0.2, 0) is 14.3 Å². The van der Waals surface area contributed by atoms with Crippen LogP contribution in [0.15, 0.2) is 24.0 Å². The minimum atomic E-state index is -0.582. The van der Waals surface area contributed by atoms with E-state index in [0.717, 1.165) is 6.42 Å². The average molecular weight is 196 g/mol. The van der Waals surface area contributed by atoms with Gasteiger partial charge in [-0.1, -0.05) is 12.2 Å². The van der Waals surface area contributed by atoms with Crippen molar-refractivity contribution in [3.8, 4) is 0 Å². The molecule has 2 atom stereocenters. The van der Waals surface area contributed by atoms with Gasteiger partial charge in [-0.05, 0) is 6.42 Å². The number of aliphatic hydroxyl groups excluding tert-OH is 1. The van der Waals surface area contributed by atoms with Gasteiger partial charge in [0.1, 0.15) is 0 Å². The minimum Gasteiger partial charge on any atom is -0.500 e. The largest absolute Gasteiger partial charge is 0.500 e. The molecule has 1 N–H and O–H groups in total. The molecule has 0 radical (unpaired) electrons. The topological polar surface area (TPSA) is 55.8 Å². The van der Waals surface area contributed by atoms with Crippen molar-refractivity contribution in [2.24, 2.45) is 11.8 Å². The van der Waals surface area contributed by atoms with Crippen molar-refractivity contribution >= 4 is 5.97 Å². The first-order valence-corrected chi connectivity index (χ1v) is 4.59. The van der Waals surface area contributed by atoms with Crippen LogP contribution in [0.25, 0.3) is 0 Å². The van der Waals surface area contributed by atoms with E-state index in [9.17, 15) is 4.79 Å². The van der Waals surface area contributed by atoms with Gasteiger partial charge < -0.3 is 14.6 Å². The van der Waals surface area contributed by atoms with Crippen LogP contribution in [0.1, 0.15) is 6.42 Å². The third-order valence-corrected chi connectivity index (χ3v) is 2.62. The lowest BCUT2D eigenvalue weighted by Crippen LogP contribution is -2.26. The van der Waals surface area contributed by atoms with Gasteiger partial charge >= 0.3 is 5.97 Å². The molecule has 0 aromatic carbocycles. The fourth-order valence-corrected chi connectivity index (χ4v) is 1.92. The summed E-state index contributed by atoms with van der Waals surface area (Å²) in [5, 5.41) is 8.48. The van der Waals surface area contributed by atoms with Gasteiger partial charge in [-0.2, -0.15) is 0 Å². The summed E-state index contributed by atoms with van der Waals surface area (Å²) in [6, 6.07) is 0. The Kier molecular flexibility index (Phi) is 2.54. The number of esters is 1. The molecule has 2 aliphatic rings. The molecule has 0 bridgehead atoms. The highest BCUT2D eigenvalue weighted by Crippen LogP contribution is 2.35. The molecule has 4 nitrogen and oxygen atoms in total. The second kappa shape index (κ2) is 3.84. The quantitative estimate of drug-likeness (QED) is 0.399. The van der Waals surface area contributed by atoms with Crippen LogP contribution in [0, 0.1) is 11.8 Å². The maximum absolute atomic E-state index is 11.4. The first-order valence-electron chi connectivity index (χ1n) is 4.59. The van der Waals surface area contributed by atoms with E-state index in [0.29, 0.717) is 12.2 Å². The second-order valence-corrected chi connectivity index (χ2v) is 3.40. The monoisotopic (exact) mass is 196 g/mol. The fraction of sp³-hybridized carbons (Fsp3) is 0.500. The van der Waals surface area contributed by atoms with Crippen LogP contribution in [0.4, 0.5) is 0 Å². The molecule has 2 rings (SSSR count). The number of allylic oxidation sites excluding steroid dienone is 1. The molecule has 76 valence electrons. The standard InChI is InChI=1S/C10H12O4/c11-6-14-10(12)9-5-13-4-7-2-1-3-8(7)9/h1-2,5,7-8,11H,3-4,6H2.